The molecule has 2 aromatic rings. The molecule has 2 aromatic carbocycles. The predicted molar refractivity (Wildman–Crippen MR) is 103 cm³/mol. The van der Waals surface area contributed by atoms with E-state index in [1.165, 1.54) is 0 Å². The molecular formula is C22H25NO4. The molecule has 0 spiro atoms. The number of rotatable bonds is 6. The summed E-state index contributed by atoms with van der Waals surface area (Å²) in [6, 6.07) is 16.7. The second-order valence-electron chi connectivity index (χ2n) is 6.96. The number of amides is 1. The number of carbonyl (C=O) groups is 2. The molecule has 1 aliphatic heterocycles. The minimum absolute atomic E-state index is 0.00640. The molecule has 1 aliphatic rings. The van der Waals surface area contributed by atoms with E-state index >= 15 is 0 Å². The molecule has 1 unspecified atom stereocenters. The molecule has 142 valence electrons. The second-order valence-corrected chi connectivity index (χ2v) is 6.96. The van der Waals surface area contributed by atoms with Crippen molar-refractivity contribution in [3.05, 3.63) is 71.3 Å². The number of nitrogens with zero attached hydrogens (tertiary/aromatic N) is 1. The van der Waals surface area contributed by atoms with Crippen LogP contribution in [0.5, 0.6) is 0 Å². The van der Waals surface area contributed by atoms with Crippen molar-refractivity contribution < 1.29 is 19.4 Å². The molecule has 5 heteroatoms. The third-order valence-corrected chi connectivity index (χ3v) is 5.24. The summed E-state index contributed by atoms with van der Waals surface area (Å²) in [7, 11) is 1.56. The summed E-state index contributed by atoms with van der Waals surface area (Å²) in [5, 5.41) is 9.34. The van der Waals surface area contributed by atoms with Gasteiger partial charge in [0.2, 0.25) is 0 Å². The van der Waals surface area contributed by atoms with Gasteiger partial charge in [-0.25, -0.2) is 4.79 Å². The number of benzene rings is 2. The minimum Gasteiger partial charge on any atom is -0.478 e. The number of hydrogen-bond donors (Lipinski definition) is 1. The maximum Gasteiger partial charge on any atom is 0.335 e. The highest BCUT2D eigenvalue weighted by Gasteiger charge is 2.29. The highest BCUT2D eigenvalue weighted by Crippen LogP contribution is 2.26. The summed E-state index contributed by atoms with van der Waals surface area (Å²) in [5.41, 5.74) is 2.11. The number of carboxylic acid groups (broad SMARTS) is 1. The summed E-state index contributed by atoms with van der Waals surface area (Å²) in [6.07, 6.45) is 1.89. The lowest BCUT2D eigenvalue weighted by Crippen LogP contribution is -2.42. The van der Waals surface area contributed by atoms with E-state index in [1.54, 1.807) is 19.2 Å². The zero-order valence-electron chi connectivity index (χ0n) is 15.5. The van der Waals surface area contributed by atoms with E-state index in [9.17, 15) is 14.7 Å². The zero-order chi connectivity index (χ0) is 19.2. The van der Waals surface area contributed by atoms with E-state index in [4.69, 9.17) is 4.74 Å². The summed E-state index contributed by atoms with van der Waals surface area (Å²) in [5.74, 6) is -0.510. The number of aromatic carboxylic acids is 1. The average molecular weight is 367 g/mol. The van der Waals surface area contributed by atoms with Crippen molar-refractivity contribution in [3.8, 4) is 0 Å². The van der Waals surface area contributed by atoms with Crippen LogP contribution in [-0.2, 0) is 16.0 Å². The van der Waals surface area contributed by atoms with Crippen LogP contribution in [0.2, 0.25) is 0 Å². The molecular weight excluding hydrogens is 342 g/mol. The van der Waals surface area contributed by atoms with E-state index in [-0.39, 0.29) is 5.91 Å². The molecule has 1 fully saturated rings. The van der Waals surface area contributed by atoms with Crippen molar-refractivity contribution >= 4 is 11.9 Å². The van der Waals surface area contributed by atoms with Crippen LogP contribution in [0.1, 0.15) is 40.4 Å². The third kappa shape index (κ3) is 4.55. The van der Waals surface area contributed by atoms with E-state index < -0.39 is 12.1 Å². The number of methoxy groups -OCH3 is 1. The Kier molecular flexibility index (Phi) is 6.24. The first-order valence-corrected chi connectivity index (χ1v) is 9.28. The van der Waals surface area contributed by atoms with Crippen LogP contribution >= 0.6 is 0 Å². The predicted octanol–water partition coefficient (Wildman–Crippen LogP) is 3.55. The molecule has 3 rings (SSSR count). The summed E-state index contributed by atoms with van der Waals surface area (Å²) >= 11 is 0. The van der Waals surface area contributed by atoms with Gasteiger partial charge in [-0.05, 0) is 42.4 Å². The molecule has 0 aliphatic carbocycles. The summed E-state index contributed by atoms with van der Waals surface area (Å²) in [4.78, 5) is 26.1. The fourth-order valence-electron chi connectivity index (χ4n) is 3.75. The minimum atomic E-state index is -0.885. The van der Waals surface area contributed by atoms with Crippen molar-refractivity contribution in [2.45, 2.75) is 25.4 Å². The number of ether oxygens (including phenoxy) is 1. The fourth-order valence-corrected chi connectivity index (χ4v) is 3.75. The lowest BCUT2D eigenvalue weighted by Gasteiger charge is -2.34. The van der Waals surface area contributed by atoms with Crippen LogP contribution in [0, 0.1) is 5.92 Å². The number of carbonyl (C=O) groups excluding carboxylic acids is 1. The molecule has 1 heterocycles. The zero-order valence-corrected chi connectivity index (χ0v) is 15.5. The first-order chi connectivity index (χ1) is 13.1. The van der Waals surface area contributed by atoms with Gasteiger partial charge in [0.1, 0.15) is 0 Å². The Morgan fingerprint density at radius 1 is 1.07 bits per heavy atom. The summed E-state index contributed by atoms with van der Waals surface area (Å²) < 4.78 is 5.46. The molecule has 0 saturated carbocycles. The van der Waals surface area contributed by atoms with Gasteiger partial charge in [-0.3, -0.25) is 4.79 Å². The fraction of sp³-hybridized carbons (Fsp3) is 0.364. The highest BCUT2D eigenvalue weighted by molar-refractivity contribution is 5.89. The van der Waals surface area contributed by atoms with E-state index in [0.717, 1.165) is 30.4 Å². The van der Waals surface area contributed by atoms with Crippen LogP contribution in [0.4, 0.5) is 0 Å². The van der Waals surface area contributed by atoms with Gasteiger partial charge < -0.3 is 14.7 Å². The highest BCUT2D eigenvalue weighted by atomic mass is 16.5. The Hall–Kier alpha value is -2.66. The van der Waals surface area contributed by atoms with Crippen LogP contribution in [0.3, 0.4) is 0 Å². The Morgan fingerprint density at radius 2 is 1.70 bits per heavy atom. The van der Waals surface area contributed by atoms with Crippen LogP contribution in [-0.4, -0.2) is 42.1 Å². The van der Waals surface area contributed by atoms with Crippen molar-refractivity contribution in [1.82, 2.24) is 4.90 Å². The van der Waals surface area contributed by atoms with Gasteiger partial charge in [0.05, 0.1) is 5.56 Å². The van der Waals surface area contributed by atoms with Crippen LogP contribution < -0.4 is 0 Å². The summed E-state index contributed by atoms with van der Waals surface area (Å²) in [6.45, 7) is 1.34. The average Bonchev–Trinajstić information content (AvgIpc) is 2.70. The second kappa shape index (κ2) is 8.82. The smallest absolute Gasteiger partial charge is 0.335 e. The van der Waals surface area contributed by atoms with Crippen molar-refractivity contribution in [1.29, 1.82) is 0 Å². The van der Waals surface area contributed by atoms with Gasteiger partial charge >= 0.3 is 5.97 Å². The van der Waals surface area contributed by atoms with Crippen molar-refractivity contribution in [3.63, 3.8) is 0 Å². The number of likely N-dealkylation sites (tertiary alicyclic amines) is 1. The Balaban J connectivity index is 1.60. The van der Waals surface area contributed by atoms with Gasteiger partial charge in [0.25, 0.3) is 5.91 Å². The SMILES string of the molecule is COC(C(=O)N1CCC(Cc2ccccc2C(=O)O)CC1)c1ccccc1. The third-order valence-electron chi connectivity index (χ3n) is 5.24. The molecule has 1 amide bonds. The van der Waals surface area contributed by atoms with Gasteiger partial charge in [0.15, 0.2) is 6.10 Å². The van der Waals surface area contributed by atoms with Gasteiger partial charge in [-0.1, -0.05) is 48.5 Å². The Morgan fingerprint density at radius 3 is 2.33 bits per heavy atom. The van der Waals surface area contributed by atoms with Crippen molar-refractivity contribution in [2.75, 3.05) is 20.2 Å². The van der Waals surface area contributed by atoms with E-state index in [2.05, 4.69) is 0 Å². The van der Waals surface area contributed by atoms with E-state index in [1.807, 2.05) is 47.4 Å². The molecule has 27 heavy (non-hydrogen) atoms. The molecule has 1 N–H and O–H groups in total. The lowest BCUT2D eigenvalue weighted by molar-refractivity contribution is -0.143. The van der Waals surface area contributed by atoms with E-state index in [0.29, 0.717) is 24.6 Å². The standard InChI is InChI=1S/C22H25NO4/c1-27-20(17-7-3-2-4-8-17)21(24)23-13-11-16(12-14-23)15-18-9-5-6-10-19(18)22(25)26/h2-10,16,20H,11-15H2,1H3,(H,25,26). The van der Waals surface area contributed by atoms with Crippen molar-refractivity contribution in [2.24, 2.45) is 5.92 Å². The quantitative estimate of drug-likeness (QED) is 0.848. The molecule has 5 nitrogen and oxygen atoms in total. The monoisotopic (exact) mass is 367 g/mol. The molecule has 0 radical (unpaired) electrons. The lowest BCUT2D eigenvalue weighted by atomic mass is 9.88. The Labute approximate surface area is 159 Å². The van der Waals surface area contributed by atoms with Crippen LogP contribution in [0.25, 0.3) is 0 Å². The molecule has 1 atom stereocenters. The largest absolute Gasteiger partial charge is 0.478 e. The number of carboxylic acids is 1. The topological polar surface area (TPSA) is 66.8 Å². The molecule has 1 saturated heterocycles. The molecule has 0 bridgehead atoms. The first-order valence-electron chi connectivity index (χ1n) is 9.28. The maximum atomic E-state index is 12.9. The molecule has 0 aromatic heterocycles. The van der Waals surface area contributed by atoms with Gasteiger partial charge in [-0.2, -0.15) is 0 Å². The van der Waals surface area contributed by atoms with Gasteiger partial charge in [0, 0.05) is 20.2 Å². The Bertz CT molecular complexity index is 782. The first kappa shape index (κ1) is 19.1. The number of hydrogen-bond acceptors (Lipinski definition) is 3. The number of piperidine rings is 1. The maximum absolute atomic E-state index is 12.9. The van der Waals surface area contributed by atoms with Gasteiger partial charge in [-0.15, -0.1) is 0 Å². The normalized spacial score (nSPS) is 16.1. The van der Waals surface area contributed by atoms with Crippen LogP contribution in [0.15, 0.2) is 54.6 Å².